The summed E-state index contributed by atoms with van der Waals surface area (Å²) < 4.78 is 5.55. The van der Waals surface area contributed by atoms with Gasteiger partial charge in [0.15, 0.2) is 0 Å². The van der Waals surface area contributed by atoms with Crippen molar-refractivity contribution in [1.82, 2.24) is 0 Å². The SMILES string of the molecule is CC#CC1CCCCC2OC2C1. The van der Waals surface area contributed by atoms with Crippen LogP contribution in [0.3, 0.4) is 0 Å². The summed E-state index contributed by atoms with van der Waals surface area (Å²) in [4.78, 5) is 0. The van der Waals surface area contributed by atoms with Crippen LogP contribution in [0, 0.1) is 17.8 Å². The van der Waals surface area contributed by atoms with Crippen molar-refractivity contribution in [2.45, 2.75) is 51.2 Å². The van der Waals surface area contributed by atoms with E-state index >= 15 is 0 Å². The number of epoxide rings is 1. The van der Waals surface area contributed by atoms with Crippen molar-refractivity contribution in [3.63, 3.8) is 0 Å². The van der Waals surface area contributed by atoms with Gasteiger partial charge in [0.05, 0.1) is 12.2 Å². The van der Waals surface area contributed by atoms with Gasteiger partial charge in [-0.1, -0.05) is 12.8 Å². The van der Waals surface area contributed by atoms with E-state index < -0.39 is 0 Å². The molecular weight excluding hydrogens is 148 g/mol. The molecule has 0 aromatic carbocycles. The second kappa shape index (κ2) is 3.49. The Bertz CT molecular complexity index is 211. The maximum atomic E-state index is 5.55. The molecule has 1 aliphatic carbocycles. The van der Waals surface area contributed by atoms with Crippen LogP contribution in [0.1, 0.15) is 39.0 Å². The molecule has 1 nitrogen and oxygen atoms in total. The van der Waals surface area contributed by atoms with Gasteiger partial charge in [-0.05, 0) is 26.2 Å². The van der Waals surface area contributed by atoms with E-state index in [2.05, 4.69) is 11.8 Å². The highest BCUT2D eigenvalue weighted by molar-refractivity contribution is 5.04. The molecule has 0 aromatic heterocycles. The normalized spacial score (nSPS) is 39.9. The quantitative estimate of drug-likeness (QED) is 0.395. The molecule has 2 rings (SSSR count). The number of rotatable bonds is 0. The summed E-state index contributed by atoms with van der Waals surface area (Å²) in [5, 5.41) is 0. The molecule has 1 heterocycles. The lowest BCUT2D eigenvalue weighted by Crippen LogP contribution is -2.07. The molecule has 0 amide bonds. The molecule has 0 aromatic rings. The molecule has 1 saturated carbocycles. The minimum absolute atomic E-state index is 0.566. The first-order valence-corrected chi connectivity index (χ1v) is 4.98. The van der Waals surface area contributed by atoms with Crippen molar-refractivity contribution in [2.24, 2.45) is 5.92 Å². The zero-order valence-electron chi connectivity index (χ0n) is 7.68. The monoisotopic (exact) mass is 164 g/mol. The van der Waals surface area contributed by atoms with Crippen LogP contribution >= 0.6 is 0 Å². The van der Waals surface area contributed by atoms with Crippen LogP contribution in [0.5, 0.6) is 0 Å². The lowest BCUT2D eigenvalue weighted by Gasteiger charge is -2.10. The van der Waals surface area contributed by atoms with Crippen LogP contribution in [-0.4, -0.2) is 12.2 Å². The van der Waals surface area contributed by atoms with Crippen LogP contribution in [0.15, 0.2) is 0 Å². The Balaban J connectivity index is 1.90. The summed E-state index contributed by atoms with van der Waals surface area (Å²) in [5.41, 5.74) is 0. The average molecular weight is 164 g/mol. The third-order valence-corrected chi connectivity index (χ3v) is 2.84. The van der Waals surface area contributed by atoms with Crippen molar-refractivity contribution in [2.75, 3.05) is 0 Å². The van der Waals surface area contributed by atoms with E-state index in [1.165, 1.54) is 32.1 Å². The summed E-state index contributed by atoms with van der Waals surface area (Å²) in [6.07, 6.45) is 7.60. The first kappa shape index (κ1) is 8.13. The summed E-state index contributed by atoms with van der Waals surface area (Å²) in [7, 11) is 0. The zero-order chi connectivity index (χ0) is 8.39. The Labute approximate surface area is 74.5 Å². The van der Waals surface area contributed by atoms with Crippen molar-refractivity contribution in [3.05, 3.63) is 0 Å². The molecule has 1 aliphatic heterocycles. The van der Waals surface area contributed by atoms with Gasteiger partial charge in [0.2, 0.25) is 0 Å². The molecule has 0 spiro atoms. The highest BCUT2D eigenvalue weighted by atomic mass is 16.6. The topological polar surface area (TPSA) is 12.5 Å². The summed E-state index contributed by atoms with van der Waals surface area (Å²) in [6, 6.07) is 0. The Morgan fingerprint density at radius 2 is 2.00 bits per heavy atom. The van der Waals surface area contributed by atoms with E-state index in [-0.39, 0.29) is 0 Å². The Hall–Kier alpha value is -0.480. The van der Waals surface area contributed by atoms with Crippen LogP contribution in [-0.2, 0) is 4.74 Å². The van der Waals surface area contributed by atoms with Crippen molar-refractivity contribution in [3.8, 4) is 11.8 Å². The molecule has 66 valence electrons. The molecule has 1 heteroatoms. The number of hydrogen-bond donors (Lipinski definition) is 0. The summed E-state index contributed by atoms with van der Waals surface area (Å²) >= 11 is 0. The molecule has 0 radical (unpaired) electrons. The van der Waals surface area contributed by atoms with E-state index in [4.69, 9.17) is 4.74 Å². The van der Waals surface area contributed by atoms with Crippen LogP contribution in [0.4, 0.5) is 0 Å². The fourth-order valence-electron chi connectivity index (χ4n) is 2.11. The fourth-order valence-corrected chi connectivity index (χ4v) is 2.11. The van der Waals surface area contributed by atoms with E-state index in [1.807, 2.05) is 6.92 Å². The highest BCUT2D eigenvalue weighted by Crippen LogP contribution is 2.36. The van der Waals surface area contributed by atoms with Gasteiger partial charge < -0.3 is 4.74 Å². The van der Waals surface area contributed by atoms with Gasteiger partial charge in [-0.2, -0.15) is 0 Å². The van der Waals surface area contributed by atoms with E-state index in [0.29, 0.717) is 18.1 Å². The highest BCUT2D eigenvalue weighted by Gasteiger charge is 2.40. The minimum atomic E-state index is 0.566. The minimum Gasteiger partial charge on any atom is -0.370 e. The molecule has 2 fully saturated rings. The molecule has 1 saturated heterocycles. The van der Waals surface area contributed by atoms with E-state index in [1.54, 1.807) is 0 Å². The number of hydrogen-bond acceptors (Lipinski definition) is 1. The smallest absolute Gasteiger partial charge is 0.0853 e. The first-order chi connectivity index (χ1) is 5.90. The predicted molar refractivity (Wildman–Crippen MR) is 48.7 cm³/mol. The van der Waals surface area contributed by atoms with Gasteiger partial charge in [0.1, 0.15) is 0 Å². The third-order valence-electron chi connectivity index (χ3n) is 2.84. The standard InChI is InChI=1S/C11H16O/c1-2-5-9-6-3-4-7-10-11(8-9)12-10/h9-11H,3-4,6-8H2,1H3. The Kier molecular flexibility index (Phi) is 2.37. The maximum Gasteiger partial charge on any atom is 0.0853 e. The van der Waals surface area contributed by atoms with E-state index in [0.717, 1.165) is 0 Å². The second-order valence-corrected chi connectivity index (χ2v) is 3.82. The van der Waals surface area contributed by atoms with Crippen LogP contribution < -0.4 is 0 Å². The van der Waals surface area contributed by atoms with Gasteiger partial charge >= 0.3 is 0 Å². The molecule has 2 aliphatic rings. The maximum absolute atomic E-state index is 5.55. The van der Waals surface area contributed by atoms with Gasteiger partial charge in [0, 0.05) is 5.92 Å². The van der Waals surface area contributed by atoms with Crippen molar-refractivity contribution in [1.29, 1.82) is 0 Å². The van der Waals surface area contributed by atoms with Crippen molar-refractivity contribution >= 4 is 0 Å². The number of fused-ring (bicyclic) bond motifs is 1. The Morgan fingerprint density at radius 3 is 2.83 bits per heavy atom. The first-order valence-electron chi connectivity index (χ1n) is 4.98. The number of ether oxygens (including phenoxy) is 1. The average Bonchev–Trinajstić information content (AvgIpc) is 2.71. The van der Waals surface area contributed by atoms with Crippen LogP contribution in [0.2, 0.25) is 0 Å². The Morgan fingerprint density at radius 1 is 1.17 bits per heavy atom. The summed E-state index contributed by atoms with van der Waals surface area (Å²) in [6.45, 7) is 1.93. The zero-order valence-corrected chi connectivity index (χ0v) is 7.68. The fraction of sp³-hybridized carbons (Fsp3) is 0.818. The van der Waals surface area contributed by atoms with E-state index in [9.17, 15) is 0 Å². The van der Waals surface area contributed by atoms with Gasteiger partial charge in [-0.25, -0.2) is 0 Å². The second-order valence-electron chi connectivity index (χ2n) is 3.82. The summed E-state index contributed by atoms with van der Waals surface area (Å²) in [5.74, 6) is 6.91. The molecule has 3 unspecified atom stereocenters. The molecule has 12 heavy (non-hydrogen) atoms. The lowest BCUT2D eigenvalue weighted by molar-refractivity contribution is 0.351. The lowest BCUT2D eigenvalue weighted by atomic mass is 9.92. The molecule has 0 N–H and O–H groups in total. The molecular formula is C11H16O. The van der Waals surface area contributed by atoms with Crippen molar-refractivity contribution < 1.29 is 4.74 Å². The predicted octanol–water partition coefficient (Wildman–Crippen LogP) is 2.36. The molecule has 0 bridgehead atoms. The van der Waals surface area contributed by atoms with Crippen LogP contribution in [0.25, 0.3) is 0 Å². The van der Waals surface area contributed by atoms with Gasteiger partial charge in [-0.15, -0.1) is 11.8 Å². The van der Waals surface area contributed by atoms with Gasteiger partial charge in [-0.3, -0.25) is 0 Å². The largest absolute Gasteiger partial charge is 0.370 e. The van der Waals surface area contributed by atoms with Gasteiger partial charge in [0.25, 0.3) is 0 Å². The third kappa shape index (κ3) is 1.81. The molecule has 3 atom stereocenters.